The smallest absolute Gasteiger partial charge is 0.240 e. The standard InChI is InChI=1S/C15H16N6O2S/c16-11-12-5-6-15(19-18-12)21-9-7-20(8-10-21)13-3-1-2-4-14(13)24(17,22)23/h1-6H,7-10H2,(H2,17,22,23). The molecule has 2 aromatic rings. The van der Waals surface area contributed by atoms with Crippen molar-refractivity contribution in [2.45, 2.75) is 4.90 Å². The first kappa shape index (κ1) is 16.2. The molecule has 1 saturated heterocycles. The molecule has 0 saturated carbocycles. The molecule has 1 aromatic carbocycles. The van der Waals surface area contributed by atoms with Gasteiger partial charge in [0, 0.05) is 26.2 Å². The average molecular weight is 344 g/mol. The van der Waals surface area contributed by atoms with Gasteiger partial charge in [-0.2, -0.15) is 5.26 Å². The number of hydrogen-bond donors (Lipinski definition) is 1. The highest BCUT2D eigenvalue weighted by atomic mass is 32.2. The van der Waals surface area contributed by atoms with E-state index in [0.29, 0.717) is 37.7 Å². The summed E-state index contributed by atoms with van der Waals surface area (Å²) in [5.41, 5.74) is 0.894. The zero-order chi connectivity index (χ0) is 17.2. The van der Waals surface area contributed by atoms with Crippen LogP contribution in [0.3, 0.4) is 0 Å². The van der Waals surface area contributed by atoms with E-state index in [9.17, 15) is 8.42 Å². The van der Waals surface area contributed by atoms with Crippen LogP contribution in [0.25, 0.3) is 0 Å². The van der Waals surface area contributed by atoms with Gasteiger partial charge in [-0.1, -0.05) is 12.1 Å². The minimum absolute atomic E-state index is 0.136. The molecule has 0 radical (unpaired) electrons. The monoisotopic (exact) mass is 344 g/mol. The molecule has 0 spiro atoms. The molecule has 0 unspecified atom stereocenters. The molecule has 124 valence electrons. The number of sulfonamides is 1. The van der Waals surface area contributed by atoms with Crippen LogP contribution in [-0.4, -0.2) is 44.8 Å². The second kappa shape index (κ2) is 6.43. The SMILES string of the molecule is N#Cc1ccc(N2CCN(c3ccccc3S(N)(=O)=O)CC2)nn1. The fourth-order valence-electron chi connectivity index (χ4n) is 2.69. The van der Waals surface area contributed by atoms with Gasteiger partial charge >= 0.3 is 0 Å². The van der Waals surface area contributed by atoms with E-state index in [4.69, 9.17) is 10.4 Å². The minimum atomic E-state index is -3.76. The van der Waals surface area contributed by atoms with Crippen molar-refractivity contribution in [1.29, 1.82) is 5.26 Å². The zero-order valence-corrected chi connectivity index (χ0v) is 13.6. The van der Waals surface area contributed by atoms with Crippen molar-refractivity contribution in [3.8, 4) is 6.07 Å². The Morgan fingerprint density at radius 3 is 2.25 bits per heavy atom. The third-order valence-electron chi connectivity index (χ3n) is 3.88. The third-order valence-corrected chi connectivity index (χ3v) is 4.84. The summed E-state index contributed by atoms with van der Waals surface area (Å²) in [4.78, 5) is 4.17. The van der Waals surface area contributed by atoms with Crippen LogP contribution in [0.4, 0.5) is 11.5 Å². The van der Waals surface area contributed by atoms with E-state index in [-0.39, 0.29) is 10.6 Å². The van der Waals surface area contributed by atoms with Crippen molar-refractivity contribution in [3.05, 3.63) is 42.1 Å². The van der Waals surface area contributed by atoms with Gasteiger partial charge in [0.15, 0.2) is 11.5 Å². The first-order valence-corrected chi connectivity index (χ1v) is 8.89. The van der Waals surface area contributed by atoms with E-state index in [1.165, 1.54) is 6.07 Å². The molecular formula is C15H16N6O2S. The fourth-order valence-corrected chi connectivity index (χ4v) is 3.45. The molecule has 0 atom stereocenters. The number of para-hydroxylation sites is 1. The number of piperazine rings is 1. The van der Waals surface area contributed by atoms with E-state index in [0.717, 1.165) is 0 Å². The molecule has 1 aliphatic heterocycles. The summed E-state index contributed by atoms with van der Waals surface area (Å²) in [6.45, 7) is 2.60. The maximum absolute atomic E-state index is 11.7. The van der Waals surface area contributed by atoms with Crippen molar-refractivity contribution in [3.63, 3.8) is 0 Å². The predicted octanol–water partition coefficient (Wildman–Crippen LogP) is 0.322. The Morgan fingerprint density at radius 2 is 1.67 bits per heavy atom. The van der Waals surface area contributed by atoms with Gasteiger partial charge in [-0.15, -0.1) is 10.2 Å². The summed E-state index contributed by atoms with van der Waals surface area (Å²) in [5.74, 6) is 0.702. The van der Waals surface area contributed by atoms with Crippen molar-refractivity contribution in [2.24, 2.45) is 5.14 Å². The van der Waals surface area contributed by atoms with Crippen LogP contribution >= 0.6 is 0 Å². The van der Waals surface area contributed by atoms with E-state index in [1.807, 2.05) is 15.9 Å². The maximum Gasteiger partial charge on any atom is 0.240 e. The zero-order valence-electron chi connectivity index (χ0n) is 12.8. The number of nitrogens with two attached hydrogens (primary N) is 1. The van der Waals surface area contributed by atoms with E-state index < -0.39 is 10.0 Å². The highest BCUT2D eigenvalue weighted by molar-refractivity contribution is 7.89. The predicted molar refractivity (Wildman–Crippen MR) is 89.0 cm³/mol. The highest BCUT2D eigenvalue weighted by Gasteiger charge is 2.23. The van der Waals surface area contributed by atoms with Gasteiger partial charge in [-0.25, -0.2) is 13.6 Å². The minimum Gasteiger partial charge on any atom is -0.367 e. The fraction of sp³-hybridized carbons (Fsp3) is 0.267. The number of nitrogens with zero attached hydrogens (tertiary/aromatic N) is 5. The summed E-state index contributed by atoms with van der Waals surface area (Å²) in [6, 6.07) is 12.1. The number of anilines is 2. The summed E-state index contributed by atoms with van der Waals surface area (Å²) in [6.07, 6.45) is 0. The first-order valence-electron chi connectivity index (χ1n) is 7.34. The van der Waals surface area contributed by atoms with Crippen molar-refractivity contribution in [1.82, 2.24) is 10.2 Å². The van der Waals surface area contributed by atoms with Crippen molar-refractivity contribution < 1.29 is 8.42 Å². The number of primary sulfonamides is 1. The lowest BCUT2D eigenvalue weighted by molar-refractivity contribution is 0.595. The van der Waals surface area contributed by atoms with Crippen LogP contribution < -0.4 is 14.9 Å². The van der Waals surface area contributed by atoms with Crippen LogP contribution in [-0.2, 0) is 10.0 Å². The van der Waals surface area contributed by atoms with Crippen LogP contribution in [0.15, 0.2) is 41.3 Å². The molecule has 0 amide bonds. The van der Waals surface area contributed by atoms with Crippen LogP contribution in [0, 0.1) is 11.3 Å². The normalized spacial score (nSPS) is 15.2. The Balaban J connectivity index is 1.75. The Labute approximate surface area is 140 Å². The lowest BCUT2D eigenvalue weighted by Gasteiger charge is -2.37. The average Bonchev–Trinajstić information content (AvgIpc) is 2.61. The Hall–Kier alpha value is -2.70. The number of aromatic nitrogens is 2. The highest BCUT2D eigenvalue weighted by Crippen LogP contribution is 2.25. The topological polar surface area (TPSA) is 116 Å². The van der Waals surface area contributed by atoms with Crippen molar-refractivity contribution in [2.75, 3.05) is 36.0 Å². The first-order chi connectivity index (χ1) is 11.5. The molecule has 9 heteroatoms. The number of nitriles is 1. The summed E-state index contributed by atoms with van der Waals surface area (Å²) < 4.78 is 23.5. The number of benzene rings is 1. The maximum atomic E-state index is 11.7. The van der Waals surface area contributed by atoms with Gasteiger partial charge in [0.2, 0.25) is 10.0 Å². The Bertz CT molecular complexity index is 868. The van der Waals surface area contributed by atoms with Gasteiger partial charge in [-0.3, -0.25) is 0 Å². The molecular weight excluding hydrogens is 328 g/mol. The lowest BCUT2D eigenvalue weighted by Crippen LogP contribution is -2.47. The quantitative estimate of drug-likeness (QED) is 0.852. The van der Waals surface area contributed by atoms with E-state index in [2.05, 4.69) is 10.2 Å². The van der Waals surface area contributed by atoms with E-state index >= 15 is 0 Å². The summed E-state index contributed by atoms with van der Waals surface area (Å²) >= 11 is 0. The molecule has 8 nitrogen and oxygen atoms in total. The molecule has 2 N–H and O–H groups in total. The second-order valence-corrected chi connectivity index (χ2v) is 6.91. The van der Waals surface area contributed by atoms with Gasteiger partial charge in [0.05, 0.1) is 5.69 Å². The molecule has 0 bridgehead atoms. The molecule has 1 aliphatic rings. The van der Waals surface area contributed by atoms with Crippen LogP contribution in [0.5, 0.6) is 0 Å². The van der Waals surface area contributed by atoms with Crippen LogP contribution in [0.2, 0.25) is 0 Å². The molecule has 24 heavy (non-hydrogen) atoms. The number of rotatable bonds is 3. The number of hydrogen-bond acceptors (Lipinski definition) is 7. The molecule has 2 heterocycles. The van der Waals surface area contributed by atoms with Crippen molar-refractivity contribution >= 4 is 21.5 Å². The van der Waals surface area contributed by atoms with Gasteiger partial charge < -0.3 is 9.80 Å². The van der Waals surface area contributed by atoms with Crippen LogP contribution in [0.1, 0.15) is 5.69 Å². The molecule has 1 aromatic heterocycles. The third kappa shape index (κ3) is 3.29. The Morgan fingerprint density at radius 1 is 1.00 bits per heavy atom. The molecule has 3 rings (SSSR count). The summed E-state index contributed by atoms with van der Waals surface area (Å²) in [7, 11) is -3.76. The van der Waals surface area contributed by atoms with Gasteiger partial charge in [0.1, 0.15) is 11.0 Å². The second-order valence-electron chi connectivity index (χ2n) is 5.38. The largest absolute Gasteiger partial charge is 0.367 e. The summed E-state index contributed by atoms with van der Waals surface area (Å²) in [5, 5.41) is 21.9. The van der Waals surface area contributed by atoms with Gasteiger partial charge in [-0.05, 0) is 24.3 Å². The molecule has 0 aliphatic carbocycles. The Kier molecular flexibility index (Phi) is 4.33. The lowest BCUT2D eigenvalue weighted by atomic mass is 10.2. The van der Waals surface area contributed by atoms with Gasteiger partial charge in [0.25, 0.3) is 0 Å². The van der Waals surface area contributed by atoms with E-state index in [1.54, 1.807) is 30.3 Å². The molecule has 1 fully saturated rings.